The smallest absolute Gasteiger partial charge is 0.260 e. The minimum absolute atomic E-state index is 0.0508. The molecule has 0 radical (unpaired) electrons. The summed E-state index contributed by atoms with van der Waals surface area (Å²) in [5, 5.41) is 10.9. The van der Waals surface area contributed by atoms with Crippen LogP contribution in [0.5, 0.6) is 0 Å². The lowest BCUT2D eigenvalue weighted by molar-refractivity contribution is -0.0304. The number of benzene rings is 1. The van der Waals surface area contributed by atoms with Gasteiger partial charge in [0.25, 0.3) is 5.91 Å². The highest BCUT2D eigenvalue weighted by Gasteiger charge is 2.47. The predicted molar refractivity (Wildman–Crippen MR) is 84.9 cm³/mol. The Morgan fingerprint density at radius 3 is 2.45 bits per heavy atom. The van der Waals surface area contributed by atoms with Crippen LogP contribution in [-0.2, 0) is 5.54 Å². The third kappa shape index (κ3) is 2.10. The lowest BCUT2D eigenvalue weighted by atomic mass is 9.92. The summed E-state index contributed by atoms with van der Waals surface area (Å²) in [5.41, 5.74) is 0.653. The van der Waals surface area contributed by atoms with E-state index in [1.165, 1.54) is 11.1 Å². The zero-order chi connectivity index (χ0) is 16.1. The number of amides is 1. The topological polar surface area (TPSA) is 53.4 Å². The zero-order valence-corrected chi connectivity index (χ0v) is 13.6. The summed E-state index contributed by atoms with van der Waals surface area (Å²) in [6, 6.07) is 9.49. The number of halogens is 2. The Labute approximate surface area is 138 Å². The van der Waals surface area contributed by atoms with E-state index in [0.717, 1.165) is 5.56 Å². The van der Waals surface area contributed by atoms with Gasteiger partial charge in [0.1, 0.15) is 5.15 Å². The van der Waals surface area contributed by atoms with E-state index in [0.29, 0.717) is 5.56 Å². The average molecular weight is 337 g/mol. The molecule has 1 aromatic carbocycles. The Hall–Kier alpha value is -1.62. The Morgan fingerprint density at radius 1 is 1.23 bits per heavy atom. The molecule has 0 bridgehead atoms. The monoisotopic (exact) mass is 336 g/mol. The minimum atomic E-state index is -1.16. The second-order valence-electron chi connectivity index (χ2n) is 5.66. The molecule has 114 valence electrons. The van der Waals surface area contributed by atoms with Gasteiger partial charge in [0, 0.05) is 11.8 Å². The van der Waals surface area contributed by atoms with Crippen LogP contribution in [0, 0.1) is 0 Å². The SMILES string of the molecule is CC(C)(c1ccccc1)N1C(=O)c2c(Cl)ncc(Cl)c2C1O. The van der Waals surface area contributed by atoms with E-state index in [9.17, 15) is 9.90 Å². The quantitative estimate of drug-likeness (QED) is 0.849. The van der Waals surface area contributed by atoms with Crippen molar-refractivity contribution in [2.75, 3.05) is 0 Å². The molecule has 4 nitrogen and oxygen atoms in total. The summed E-state index contributed by atoms with van der Waals surface area (Å²) in [6.07, 6.45) is 0.184. The molecule has 0 saturated carbocycles. The molecule has 6 heteroatoms. The summed E-state index contributed by atoms with van der Waals surface area (Å²) in [6.45, 7) is 3.73. The number of nitrogens with zero attached hydrogens (tertiary/aromatic N) is 2. The molecule has 2 aromatic rings. The number of aliphatic hydroxyl groups excluding tert-OH is 1. The maximum absolute atomic E-state index is 12.8. The molecule has 0 saturated heterocycles. The first-order valence-corrected chi connectivity index (χ1v) is 7.52. The molecule has 1 aliphatic heterocycles. The molecule has 1 N–H and O–H groups in total. The first-order chi connectivity index (χ1) is 10.4. The van der Waals surface area contributed by atoms with Crippen molar-refractivity contribution in [3.05, 3.63) is 63.4 Å². The molecule has 0 aliphatic carbocycles. The first-order valence-electron chi connectivity index (χ1n) is 6.77. The highest BCUT2D eigenvalue weighted by molar-refractivity contribution is 6.36. The maximum atomic E-state index is 12.8. The van der Waals surface area contributed by atoms with Crippen LogP contribution in [0.15, 0.2) is 36.5 Å². The highest BCUT2D eigenvalue weighted by atomic mass is 35.5. The van der Waals surface area contributed by atoms with Crippen molar-refractivity contribution in [1.82, 2.24) is 9.88 Å². The fourth-order valence-electron chi connectivity index (χ4n) is 2.84. The van der Waals surface area contributed by atoms with E-state index >= 15 is 0 Å². The van der Waals surface area contributed by atoms with Crippen LogP contribution >= 0.6 is 23.2 Å². The van der Waals surface area contributed by atoms with E-state index < -0.39 is 11.8 Å². The van der Waals surface area contributed by atoms with Gasteiger partial charge < -0.3 is 5.11 Å². The molecule has 1 aromatic heterocycles. The molecule has 22 heavy (non-hydrogen) atoms. The van der Waals surface area contributed by atoms with E-state index in [1.807, 2.05) is 44.2 Å². The number of carbonyl (C=O) groups is 1. The van der Waals surface area contributed by atoms with E-state index in [4.69, 9.17) is 23.2 Å². The Kier molecular flexibility index (Phi) is 3.63. The van der Waals surface area contributed by atoms with Crippen molar-refractivity contribution in [2.45, 2.75) is 25.6 Å². The van der Waals surface area contributed by atoms with Crippen molar-refractivity contribution < 1.29 is 9.90 Å². The summed E-state index contributed by atoms with van der Waals surface area (Å²) in [7, 11) is 0. The summed E-state index contributed by atoms with van der Waals surface area (Å²) in [5.74, 6) is -0.378. The lowest BCUT2D eigenvalue weighted by Gasteiger charge is -2.38. The third-order valence-electron chi connectivity index (χ3n) is 4.04. The summed E-state index contributed by atoms with van der Waals surface area (Å²) >= 11 is 12.1. The van der Waals surface area contributed by atoms with Crippen LogP contribution in [0.4, 0.5) is 0 Å². The molecular weight excluding hydrogens is 323 g/mol. The number of carbonyl (C=O) groups excluding carboxylic acids is 1. The standard InChI is InChI=1S/C16H14Cl2N2O2/c1-16(2,9-6-4-3-5-7-9)20-14(21)11-10(17)8-19-13(18)12(11)15(20)22/h3-8,14,21H,1-2H3. The van der Waals surface area contributed by atoms with Crippen LogP contribution in [-0.4, -0.2) is 20.9 Å². The maximum Gasteiger partial charge on any atom is 0.260 e. The fourth-order valence-corrected chi connectivity index (χ4v) is 3.31. The van der Waals surface area contributed by atoms with Crippen LogP contribution in [0.25, 0.3) is 0 Å². The van der Waals surface area contributed by atoms with Crippen LogP contribution in [0.1, 0.15) is 41.6 Å². The lowest BCUT2D eigenvalue weighted by Crippen LogP contribution is -2.44. The zero-order valence-electron chi connectivity index (χ0n) is 12.0. The van der Waals surface area contributed by atoms with Gasteiger partial charge in [0.2, 0.25) is 0 Å². The second kappa shape index (κ2) is 5.23. The molecule has 1 atom stereocenters. The predicted octanol–water partition coefficient (Wildman–Crippen LogP) is 3.77. The van der Waals surface area contributed by atoms with Crippen molar-refractivity contribution in [2.24, 2.45) is 0 Å². The first kappa shape index (κ1) is 15.3. The highest BCUT2D eigenvalue weighted by Crippen LogP contribution is 2.45. The number of hydrogen-bond donors (Lipinski definition) is 1. The van der Waals surface area contributed by atoms with Gasteiger partial charge >= 0.3 is 0 Å². The molecule has 2 heterocycles. The molecule has 0 spiro atoms. The fraction of sp³-hybridized carbons (Fsp3) is 0.250. The van der Waals surface area contributed by atoms with E-state index in [2.05, 4.69) is 4.98 Å². The van der Waals surface area contributed by atoms with Gasteiger partial charge in [-0.25, -0.2) is 4.98 Å². The van der Waals surface area contributed by atoms with Crippen LogP contribution in [0.2, 0.25) is 10.2 Å². The molecule has 3 rings (SSSR count). The number of fused-ring (bicyclic) bond motifs is 1. The Bertz CT molecular complexity index is 747. The summed E-state index contributed by atoms with van der Waals surface area (Å²) < 4.78 is 0. The van der Waals surface area contributed by atoms with Gasteiger partial charge in [0.05, 0.1) is 16.1 Å². The van der Waals surface area contributed by atoms with Gasteiger partial charge in [-0.3, -0.25) is 9.69 Å². The minimum Gasteiger partial charge on any atom is -0.369 e. The number of aromatic nitrogens is 1. The van der Waals surface area contributed by atoms with Gasteiger partial charge in [0.15, 0.2) is 6.23 Å². The van der Waals surface area contributed by atoms with Crippen LogP contribution in [0.3, 0.4) is 0 Å². The molecular formula is C16H14Cl2N2O2. The Balaban J connectivity index is 2.14. The normalized spacial score (nSPS) is 17.8. The average Bonchev–Trinajstić information content (AvgIpc) is 2.77. The van der Waals surface area contributed by atoms with Crippen molar-refractivity contribution in [1.29, 1.82) is 0 Å². The summed E-state index contributed by atoms with van der Waals surface area (Å²) in [4.78, 5) is 18.1. The van der Waals surface area contributed by atoms with Crippen molar-refractivity contribution in [3.63, 3.8) is 0 Å². The van der Waals surface area contributed by atoms with Crippen molar-refractivity contribution >= 4 is 29.1 Å². The molecule has 1 aliphatic rings. The van der Waals surface area contributed by atoms with Crippen molar-refractivity contribution in [3.8, 4) is 0 Å². The van der Waals surface area contributed by atoms with Gasteiger partial charge in [-0.2, -0.15) is 0 Å². The molecule has 0 fully saturated rings. The van der Waals surface area contributed by atoms with Crippen LogP contribution < -0.4 is 0 Å². The second-order valence-corrected chi connectivity index (χ2v) is 6.42. The molecule has 1 unspecified atom stereocenters. The van der Waals surface area contributed by atoms with Gasteiger partial charge in [-0.05, 0) is 19.4 Å². The number of pyridine rings is 1. The Morgan fingerprint density at radius 2 is 1.86 bits per heavy atom. The number of rotatable bonds is 2. The third-order valence-corrected chi connectivity index (χ3v) is 4.63. The number of hydrogen-bond acceptors (Lipinski definition) is 3. The van der Waals surface area contributed by atoms with E-state index in [-0.39, 0.29) is 21.6 Å². The largest absolute Gasteiger partial charge is 0.369 e. The number of aliphatic hydroxyl groups is 1. The van der Waals surface area contributed by atoms with Gasteiger partial charge in [-0.15, -0.1) is 0 Å². The van der Waals surface area contributed by atoms with E-state index in [1.54, 1.807) is 0 Å². The molecule has 1 amide bonds. The van der Waals surface area contributed by atoms with Gasteiger partial charge in [-0.1, -0.05) is 53.5 Å².